The van der Waals surface area contributed by atoms with E-state index in [1.807, 2.05) is 19.1 Å². The maximum Gasteiger partial charge on any atom is 0.303 e. The minimum atomic E-state index is -0.692. The maximum atomic E-state index is 12.4. The van der Waals surface area contributed by atoms with E-state index < -0.39 is 5.97 Å². The number of carboxylic acids is 1. The molecule has 1 aliphatic carbocycles. The minimum Gasteiger partial charge on any atom is -0.481 e. The first kappa shape index (κ1) is 21.7. The van der Waals surface area contributed by atoms with Crippen molar-refractivity contribution < 1.29 is 14.7 Å². The van der Waals surface area contributed by atoms with Crippen LogP contribution in [0.3, 0.4) is 0 Å². The monoisotopic (exact) mass is 432 g/mol. The van der Waals surface area contributed by atoms with Gasteiger partial charge in [-0.05, 0) is 62.1 Å². The van der Waals surface area contributed by atoms with Crippen LogP contribution in [0.5, 0.6) is 0 Å². The van der Waals surface area contributed by atoms with Gasteiger partial charge in [0, 0.05) is 24.7 Å². The molecule has 7 heteroatoms. The van der Waals surface area contributed by atoms with Gasteiger partial charge < -0.3 is 10.4 Å². The van der Waals surface area contributed by atoms with Gasteiger partial charge in [0.05, 0.1) is 29.3 Å². The van der Waals surface area contributed by atoms with Gasteiger partial charge in [0.1, 0.15) is 0 Å². The molecule has 2 N–H and O–H groups in total. The number of anilines is 1. The number of rotatable bonds is 6. The second kappa shape index (κ2) is 9.34. The number of pyridine rings is 1. The largest absolute Gasteiger partial charge is 0.481 e. The van der Waals surface area contributed by atoms with E-state index in [4.69, 9.17) is 5.11 Å². The molecule has 4 rings (SSSR count). The second-order valence-corrected chi connectivity index (χ2v) is 8.59. The number of aryl methyl sites for hydroxylation is 1. The molecule has 32 heavy (non-hydrogen) atoms. The van der Waals surface area contributed by atoms with Crippen molar-refractivity contribution in [3.63, 3.8) is 0 Å². The lowest BCUT2D eigenvalue weighted by Crippen LogP contribution is -2.16. The van der Waals surface area contributed by atoms with Gasteiger partial charge in [-0.1, -0.05) is 24.3 Å². The zero-order chi connectivity index (χ0) is 22.7. The van der Waals surface area contributed by atoms with Gasteiger partial charge in [0.25, 0.3) is 5.91 Å². The van der Waals surface area contributed by atoms with E-state index in [-0.39, 0.29) is 12.3 Å². The fraction of sp³-hybridized carbons (Fsp3) is 0.360. The third-order valence-corrected chi connectivity index (χ3v) is 6.49. The van der Waals surface area contributed by atoms with Crippen molar-refractivity contribution in [1.82, 2.24) is 14.8 Å². The van der Waals surface area contributed by atoms with E-state index >= 15 is 0 Å². The van der Waals surface area contributed by atoms with Gasteiger partial charge in [-0.25, -0.2) is 0 Å². The second-order valence-electron chi connectivity index (χ2n) is 8.59. The molecule has 0 aliphatic heterocycles. The Morgan fingerprint density at radius 2 is 1.78 bits per heavy atom. The lowest BCUT2D eigenvalue weighted by atomic mass is 9.77. The summed E-state index contributed by atoms with van der Waals surface area (Å²) in [5, 5.41) is 16.0. The Labute approximate surface area is 187 Å². The molecule has 2 heterocycles. The van der Waals surface area contributed by atoms with E-state index in [2.05, 4.69) is 39.7 Å². The van der Waals surface area contributed by atoms with Crippen LogP contribution in [0.25, 0.3) is 11.3 Å². The SMILES string of the molecule is Cc1c(C(=O)Nc2ccc(-c3ccc(C4CCC(CC(=O)O)CC4)cc3)nc2)cnn1C. The summed E-state index contributed by atoms with van der Waals surface area (Å²) in [7, 11) is 1.80. The van der Waals surface area contributed by atoms with Gasteiger partial charge in [-0.3, -0.25) is 19.3 Å². The Balaban J connectivity index is 1.37. The zero-order valence-corrected chi connectivity index (χ0v) is 18.4. The molecule has 3 aromatic rings. The number of amides is 1. The zero-order valence-electron chi connectivity index (χ0n) is 18.4. The molecule has 1 aromatic carbocycles. The van der Waals surface area contributed by atoms with Gasteiger partial charge in [-0.2, -0.15) is 5.10 Å². The Bertz CT molecular complexity index is 1100. The fourth-order valence-corrected chi connectivity index (χ4v) is 4.43. The Kier molecular flexibility index (Phi) is 6.35. The summed E-state index contributed by atoms with van der Waals surface area (Å²) in [5.74, 6) is -0.0838. The van der Waals surface area contributed by atoms with E-state index in [0.717, 1.165) is 42.6 Å². The number of carboxylic acid groups (broad SMARTS) is 1. The number of carbonyl (C=O) groups is 2. The van der Waals surface area contributed by atoms with Gasteiger partial charge in [0.2, 0.25) is 0 Å². The van der Waals surface area contributed by atoms with E-state index in [9.17, 15) is 9.59 Å². The predicted octanol–water partition coefficient (Wildman–Crippen LogP) is 4.79. The first-order chi connectivity index (χ1) is 15.4. The highest BCUT2D eigenvalue weighted by Crippen LogP contribution is 2.37. The standard InChI is InChI=1S/C25H28N4O3/c1-16-22(15-27-29(16)2)25(32)28-21-11-12-23(26-14-21)20-9-7-19(8-10-20)18-5-3-17(4-6-18)13-24(30)31/h7-12,14-15,17-18H,3-6,13H2,1-2H3,(H,28,32)(H,30,31). The number of benzene rings is 1. The Morgan fingerprint density at radius 1 is 1.06 bits per heavy atom. The maximum absolute atomic E-state index is 12.4. The molecule has 1 fully saturated rings. The molecule has 0 spiro atoms. The third-order valence-electron chi connectivity index (χ3n) is 6.49. The van der Waals surface area contributed by atoms with Crippen molar-refractivity contribution in [2.45, 2.75) is 44.9 Å². The number of aliphatic carboxylic acids is 1. The van der Waals surface area contributed by atoms with Crippen molar-refractivity contribution in [3.05, 3.63) is 65.6 Å². The molecule has 0 saturated heterocycles. The molecule has 0 bridgehead atoms. The molecule has 0 atom stereocenters. The summed E-state index contributed by atoms with van der Waals surface area (Å²) >= 11 is 0. The van der Waals surface area contributed by atoms with E-state index in [1.54, 1.807) is 24.1 Å². The molecular weight excluding hydrogens is 404 g/mol. The lowest BCUT2D eigenvalue weighted by molar-refractivity contribution is -0.138. The van der Waals surface area contributed by atoms with Crippen LogP contribution in [-0.4, -0.2) is 31.7 Å². The molecule has 166 valence electrons. The van der Waals surface area contributed by atoms with Crippen LogP contribution < -0.4 is 5.32 Å². The Morgan fingerprint density at radius 3 is 2.34 bits per heavy atom. The molecule has 2 aromatic heterocycles. The highest BCUT2D eigenvalue weighted by Gasteiger charge is 2.24. The quantitative estimate of drug-likeness (QED) is 0.584. The number of carbonyl (C=O) groups excluding carboxylic acids is 1. The van der Waals surface area contributed by atoms with Crippen LogP contribution in [0.1, 0.15) is 59.6 Å². The van der Waals surface area contributed by atoms with Crippen LogP contribution in [0, 0.1) is 12.8 Å². The molecule has 1 aliphatic rings. The summed E-state index contributed by atoms with van der Waals surface area (Å²) in [4.78, 5) is 27.9. The third kappa shape index (κ3) is 4.88. The van der Waals surface area contributed by atoms with Crippen molar-refractivity contribution in [1.29, 1.82) is 0 Å². The number of nitrogens with one attached hydrogen (secondary N) is 1. The van der Waals surface area contributed by atoms with Crippen LogP contribution in [0.2, 0.25) is 0 Å². The Hall–Kier alpha value is -3.48. The van der Waals surface area contributed by atoms with Gasteiger partial charge >= 0.3 is 5.97 Å². The first-order valence-electron chi connectivity index (χ1n) is 11.0. The van der Waals surface area contributed by atoms with Crippen molar-refractivity contribution in [3.8, 4) is 11.3 Å². The minimum absolute atomic E-state index is 0.201. The van der Waals surface area contributed by atoms with E-state index in [0.29, 0.717) is 23.1 Å². The lowest BCUT2D eigenvalue weighted by Gasteiger charge is -2.28. The first-order valence-corrected chi connectivity index (χ1v) is 11.0. The summed E-state index contributed by atoms with van der Waals surface area (Å²) < 4.78 is 1.67. The van der Waals surface area contributed by atoms with Crippen LogP contribution in [0.15, 0.2) is 48.8 Å². The summed E-state index contributed by atoms with van der Waals surface area (Å²) in [6.45, 7) is 1.86. The molecular formula is C25H28N4O3. The highest BCUT2D eigenvalue weighted by atomic mass is 16.4. The normalized spacial score (nSPS) is 18.3. The molecule has 0 radical (unpaired) electrons. The number of hydrogen-bond acceptors (Lipinski definition) is 4. The molecule has 1 amide bonds. The van der Waals surface area contributed by atoms with E-state index in [1.165, 1.54) is 5.56 Å². The average molecular weight is 433 g/mol. The van der Waals surface area contributed by atoms with Crippen LogP contribution in [0.4, 0.5) is 5.69 Å². The highest BCUT2D eigenvalue weighted by molar-refractivity contribution is 6.04. The van der Waals surface area contributed by atoms with Crippen molar-refractivity contribution in [2.75, 3.05) is 5.32 Å². The molecule has 7 nitrogen and oxygen atoms in total. The van der Waals surface area contributed by atoms with Crippen molar-refractivity contribution >= 4 is 17.6 Å². The fourth-order valence-electron chi connectivity index (χ4n) is 4.43. The predicted molar refractivity (Wildman–Crippen MR) is 123 cm³/mol. The number of aromatic nitrogens is 3. The summed E-state index contributed by atoms with van der Waals surface area (Å²) in [6.07, 6.45) is 7.55. The smallest absolute Gasteiger partial charge is 0.303 e. The topological polar surface area (TPSA) is 97.1 Å². The van der Waals surface area contributed by atoms with Gasteiger partial charge in [0.15, 0.2) is 0 Å². The summed E-state index contributed by atoms with van der Waals surface area (Å²) in [6, 6.07) is 12.2. The molecule has 1 saturated carbocycles. The van der Waals surface area contributed by atoms with Crippen LogP contribution >= 0.6 is 0 Å². The van der Waals surface area contributed by atoms with Gasteiger partial charge in [-0.15, -0.1) is 0 Å². The molecule has 0 unspecified atom stereocenters. The van der Waals surface area contributed by atoms with Crippen LogP contribution in [-0.2, 0) is 11.8 Å². The van der Waals surface area contributed by atoms with Crippen molar-refractivity contribution in [2.24, 2.45) is 13.0 Å². The summed E-state index contributed by atoms with van der Waals surface area (Å²) in [5.41, 5.74) is 5.16. The average Bonchev–Trinajstić information content (AvgIpc) is 3.13. The number of nitrogens with zero attached hydrogens (tertiary/aromatic N) is 3. The number of hydrogen-bond donors (Lipinski definition) is 2.